The van der Waals surface area contributed by atoms with E-state index in [1.165, 1.54) is 0 Å². The van der Waals surface area contributed by atoms with E-state index >= 15 is 0 Å². The molecule has 1 atom stereocenters. The third-order valence-electron chi connectivity index (χ3n) is 1.77. The minimum absolute atomic E-state index is 0.00846. The van der Waals surface area contributed by atoms with Crippen LogP contribution >= 0.6 is 11.8 Å². The van der Waals surface area contributed by atoms with Crippen molar-refractivity contribution in [1.82, 2.24) is 4.90 Å². The van der Waals surface area contributed by atoms with Crippen molar-refractivity contribution in [3.8, 4) is 0 Å². The van der Waals surface area contributed by atoms with E-state index in [2.05, 4.69) is 0 Å². The molecule has 1 saturated heterocycles. The van der Waals surface area contributed by atoms with Crippen LogP contribution in [0.3, 0.4) is 0 Å². The molecule has 7 heteroatoms. The second kappa shape index (κ2) is 3.58. The Hall–Kier alpha value is -1.08. The Morgan fingerprint density at radius 3 is 2.57 bits per heavy atom. The maximum atomic E-state index is 11.1. The summed E-state index contributed by atoms with van der Waals surface area (Å²) in [7, 11) is 0. The van der Waals surface area contributed by atoms with Gasteiger partial charge in [0.2, 0.25) is 5.91 Å². The number of β-amino-alcohol motifs (C(OH)–C–C–N with tert-alkyl or cyclic N) is 1. The molecule has 0 aromatic heterocycles. The van der Waals surface area contributed by atoms with Gasteiger partial charge in [-0.15, -0.1) is 0 Å². The highest BCUT2D eigenvalue weighted by Gasteiger charge is 2.39. The molecule has 0 saturated carbocycles. The maximum Gasteiger partial charge on any atom is 0.337 e. The molecule has 78 valence electrons. The molecule has 1 heterocycles. The van der Waals surface area contributed by atoms with E-state index in [4.69, 9.17) is 5.11 Å². The van der Waals surface area contributed by atoms with Crippen molar-refractivity contribution < 1.29 is 24.6 Å². The summed E-state index contributed by atoms with van der Waals surface area (Å²) in [6.07, 6.45) is 0. The molecule has 1 aliphatic rings. The minimum Gasteiger partial charge on any atom is -0.479 e. The number of rotatable bonds is 3. The van der Waals surface area contributed by atoms with E-state index in [1.807, 2.05) is 0 Å². The largest absolute Gasteiger partial charge is 0.479 e. The highest BCUT2D eigenvalue weighted by Crippen LogP contribution is 2.21. The van der Waals surface area contributed by atoms with Crippen molar-refractivity contribution in [2.24, 2.45) is 0 Å². The molecular formula is C7H9NO5S. The van der Waals surface area contributed by atoms with E-state index in [1.54, 1.807) is 0 Å². The summed E-state index contributed by atoms with van der Waals surface area (Å²) in [5.74, 6) is -1.93. The van der Waals surface area contributed by atoms with Crippen molar-refractivity contribution in [1.29, 1.82) is 0 Å². The normalized spacial score (nSPS) is 21.1. The summed E-state index contributed by atoms with van der Waals surface area (Å²) < 4.78 is 0. The first-order chi connectivity index (χ1) is 6.34. The van der Waals surface area contributed by atoms with E-state index < -0.39 is 29.3 Å². The molecule has 1 fully saturated rings. The van der Waals surface area contributed by atoms with Gasteiger partial charge in [0.1, 0.15) is 0 Å². The van der Waals surface area contributed by atoms with Gasteiger partial charge in [-0.25, -0.2) is 4.79 Å². The minimum atomic E-state index is -2.09. The van der Waals surface area contributed by atoms with Gasteiger partial charge >= 0.3 is 5.97 Å². The third kappa shape index (κ3) is 2.05. The van der Waals surface area contributed by atoms with Gasteiger partial charge in [0.05, 0.1) is 12.3 Å². The fourth-order valence-electron chi connectivity index (χ4n) is 0.909. The quantitative estimate of drug-likeness (QED) is 0.665. The number of nitrogens with zero attached hydrogens (tertiary/aromatic N) is 1. The molecule has 0 aliphatic carbocycles. The van der Waals surface area contributed by atoms with Crippen molar-refractivity contribution in [2.75, 3.05) is 12.3 Å². The van der Waals surface area contributed by atoms with Crippen LogP contribution in [0, 0.1) is 0 Å². The van der Waals surface area contributed by atoms with E-state index in [0.717, 1.165) is 23.6 Å². The third-order valence-corrected chi connectivity index (χ3v) is 2.63. The molecular weight excluding hydrogens is 210 g/mol. The Morgan fingerprint density at radius 2 is 2.21 bits per heavy atom. The van der Waals surface area contributed by atoms with Crippen LogP contribution in [0.1, 0.15) is 6.92 Å². The topological polar surface area (TPSA) is 94.9 Å². The molecule has 2 N–H and O–H groups in total. The molecule has 6 nitrogen and oxygen atoms in total. The van der Waals surface area contributed by atoms with Crippen molar-refractivity contribution >= 4 is 28.9 Å². The molecule has 1 rings (SSSR count). The lowest BCUT2D eigenvalue weighted by molar-refractivity contribution is -0.158. The lowest BCUT2D eigenvalue weighted by Gasteiger charge is -2.22. The van der Waals surface area contributed by atoms with Gasteiger partial charge in [0, 0.05) is 0 Å². The zero-order chi connectivity index (χ0) is 10.9. The fourth-order valence-corrected chi connectivity index (χ4v) is 1.63. The van der Waals surface area contributed by atoms with Crippen LogP contribution < -0.4 is 0 Å². The predicted octanol–water partition coefficient (Wildman–Crippen LogP) is -0.483. The van der Waals surface area contributed by atoms with Crippen LogP contribution in [0.15, 0.2) is 0 Å². The number of carbonyl (C=O) groups excluding carboxylic acids is 2. The van der Waals surface area contributed by atoms with Crippen LogP contribution in [0.5, 0.6) is 0 Å². The number of hydrogen-bond donors (Lipinski definition) is 2. The van der Waals surface area contributed by atoms with Crippen LogP contribution in [0.25, 0.3) is 0 Å². The Balaban J connectivity index is 2.73. The molecule has 0 aromatic rings. The number of hydrogen-bond acceptors (Lipinski definition) is 5. The number of thioether (sulfide) groups is 1. The highest BCUT2D eigenvalue weighted by molar-refractivity contribution is 8.14. The summed E-state index contributed by atoms with van der Waals surface area (Å²) in [6.45, 7) is 0.534. The number of carbonyl (C=O) groups is 3. The Labute approximate surface area is 83.9 Å². The fraction of sp³-hybridized carbons (Fsp3) is 0.571. The zero-order valence-corrected chi connectivity index (χ0v) is 8.21. The lowest BCUT2D eigenvalue weighted by Crippen LogP contribution is -2.48. The van der Waals surface area contributed by atoms with Crippen molar-refractivity contribution in [3.05, 3.63) is 0 Å². The maximum absolute atomic E-state index is 11.1. The highest BCUT2D eigenvalue weighted by atomic mass is 32.2. The summed E-state index contributed by atoms with van der Waals surface area (Å²) in [6, 6.07) is 0. The summed E-state index contributed by atoms with van der Waals surface area (Å²) in [5.41, 5.74) is -2.09. The zero-order valence-electron chi connectivity index (χ0n) is 7.39. The SMILES string of the molecule is CC(O)(CN1C(=O)CSC1=O)C(=O)O. The Morgan fingerprint density at radius 1 is 1.64 bits per heavy atom. The molecule has 1 unspecified atom stereocenters. The molecule has 14 heavy (non-hydrogen) atoms. The van der Waals surface area contributed by atoms with Gasteiger partial charge in [-0.05, 0) is 6.92 Å². The number of imide groups is 1. The average Bonchev–Trinajstić information content (AvgIpc) is 2.35. The van der Waals surface area contributed by atoms with E-state index in [9.17, 15) is 19.5 Å². The van der Waals surface area contributed by atoms with Gasteiger partial charge < -0.3 is 10.2 Å². The number of amides is 2. The first-order valence-corrected chi connectivity index (χ1v) is 4.76. The Bertz CT molecular complexity index is 284. The van der Waals surface area contributed by atoms with Gasteiger partial charge in [-0.2, -0.15) is 0 Å². The summed E-state index contributed by atoms with van der Waals surface area (Å²) >= 11 is 0.799. The first kappa shape index (κ1) is 11.0. The van der Waals surface area contributed by atoms with Crippen LogP contribution in [0.2, 0.25) is 0 Å². The smallest absolute Gasteiger partial charge is 0.337 e. The van der Waals surface area contributed by atoms with Crippen LogP contribution in [-0.4, -0.2) is 50.1 Å². The molecule has 0 radical (unpaired) electrons. The first-order valence-electron chi connectivity index (χ1n) is 3.77. The summed E-state index contributed by atoms with van der Waals surface area (Å²) in [5, 5.41) is 17.4. The van der Waals surface area contributed by atoms with E-state index in [-0.39, 0.29) is 5.75 Å². The number of carboxylic acids is 1. The van der Waals surface area contributed by atoms with E-state index in [0.29, 0.717) is 0 Å². The van der Waals surface area contributed by atoms with Crippen molar-refractivity contribution in [3.63, 3.8) is 0 Å². The molecule has 2 amide bonds. The van der Waals surface area contributed by atoms with Crippen LogP contribution in [-0.2, 0) is 9.59 Å². The van der Waals surface area contributed by atoms with Gasteiger partial charge in [0.15, 0.2) is 5.60 Å². The molecule has 1 aliphatic heterocycles. The second-order valence-corrected chi connectivity index (χ2v) is 4.04. The summed E-state index contributed by atoms with van der Waals surface area (Å²) in [4.78, 5) is 33.4. The predicted molar refractivity (Wildman–Crippen MR) is 47.8 cm³/mol. The molecule has 0 bridgehead atoms. The Kier molecular flexibility index (Phi) is 2.81. The number of aliphatic carboxylic acids is 1. The van der Waals surface area contributed by atoms with Gasteiger partial charge in [-0.1, -0.05) is 11.8 Å². The van der Waals surface area contributed by atoms with Gasteiger partial charge in [0.25, 0.3) is 5.24 Å². The molecule has 0 spiro atoms. The van der Waals surface area contributed by atoms with Crippen molar-refractivity contribution in [2.45, 2.75) is 12.5 Å². The molecule has 0 aromatic carbocycles. The lowest BCUT2D eigenvalue weighted by atomic mass is 10.1. The van der Waals surface area contributed by atoms with Gasteiger partial charge in [-0.3, -0.25) is 14.5 Å². The average molecular weight is 219 g/mol. The standard InChI is InChI=1S/C7H9NO5S/c1-7(13,5(10)11)3-8-4(9)2-14-6(8)12/h13H,2-3H2,1H3,(H,10,11). The van der Waals surface area contributed by atoms with Crippen LogP contribution in [0.4, 0.5) is 4.79 Å². The monoisotopic (exact) mass is 219 g/mol. The second-order valence-electron chi connectivity index (χ2n) is 3.11. The number of carboxylic acid groups (broad SMARTS) is 1. The number of aliphatic hydroxyl groups is 1.